The average Bonchev–Trinajstić information content (AvgIpc) is 2.36. The summed E-state index contributed by atoms with van der Waals surface area (Å²) in [5.41, 5.74) is 0.362. The lowest BCUT2D eigenvalue weighted by Crippen LogP contribution is -1.93. The van der Waals surface area contributed by atoms with Crippen molar-refractivity contribution >= 4 is 5.82 Å². The molecule has 0 aliphatic heterocycles. The van der Waals surface area contributed by atoms with Crippen LogP contribution in [-0.4, -0.2) is 22.3 Å². The third-order valence-electron chi connectivity index (χ3n) is 0.966. The highest BCUT2D eigenvalue weighted by Gasteiger charge is 2.16. The molecule has 0 fully saturated rings. The molecular weight excluding hydrogens is 152 g/mol. The molecule has 1 heterocycles. The summed E-state index contributed by atoms with van der Waals surface area (Å²) in [5.74, 6) is -0.00755. The van der Waals surface area contributed by atoms with Gasteiger partial charge in [-0.3, -0.25) is 0 Å². The van der Waals surface area contributed by atoms with Gasteiger partial charge in [-0.05, 0) is 12.1 Å². The van der Waals surface area contributed by atoms with Crippen molar-refractivity contribution in [1.82, 2.24) is 10.3 Å². The summed E-state index contributed by atoms with van der Waals surface area (Å²) in [6.07, 6.45) is 0. The molecule has 0 atom stereocenters. The molecule has 0 aromatic carbocycles. The summed E-state index contributed by atoms with van der Waals surface area (Å²) in [6, 6.07) is 0. The second-order valence-electron chi connectivity index (χ2n) is 1.71. The van der Waals surface area contributed by atoms with Crippen LogP contribution in [0.4, 0.5) is 5.82 Å². The van der Waals surface area contributed by atoms with Crippen molar-refractivity contribution in [3.63, 3.8) is 0 Å². The van der Waals surface area contributed by atoms with Crippen LogP contribution >= 0.6 is 0 Å². The summed E-state index contributed by atoms with van der Waals surface area (Å²) >= 11 is 0. The number of hydrogen-bond donors (Lipinski definition) is 0. The first kappa shape index (κ1) is 7.45. The van der Waals surface area contributed by atoms with Gasteiger partial charge in [0, 0.05) is 0 Å². The van der Waals surface area contributed by atoms with Crippen molar-refractivity contribution in [2.45, 2.75) is 6.92 Å². The van der Waals surface area contributed by atoms with Gasteiger partial charge in [0.2, 0.25) is 0 Å². The highest BCUT2D eigenvalue weighted by molar-refractivity contribution is 5.19. The summed E-state index contributed by atoms with van der Waals surface area (Å²) in [7, 11) is 1.26. The maximum atomic E-state index is 10.8. The van der Waals surface area contributed by atoms with Crippen LogP contribution < -0.4 is 0 Å². The lowest BCUT2D eigenvalue weighted by molar-refractivity contribution is -0.481. The Morgan fingerprint density at radius 3 is 2.82 bits per heavy atom. The second kappa shape index (κ2) is 2.95. The Morgan fingerprint density at radius 2 is 2.36 bits per heavy atom. The van der Waals surface area contributed by atoms with Crippen molar-refractivity contribution < 1.29 is 14.3 Å². The Bertz CT molecular complexity index is 268. The number of hydrogen-bond acceptors (Lipinski definition) is 6. The van der Waals surface area contributed by atoms with Crippen molar-refractivity contribution in [3.8, 4) is 0 Å². The largest absolute Gasteiger partial charge is 0.688 e. The van der Waals surface area contributed by atoms with Crippen molar-refractivity contribution in [2.24, 2.45) is 5.28 Å². The van der Waals surface area contributed by atoms with Gasteiger partial charge in [0.05, 0.1) is 0 Å². The number of aromatic nitrogens is 2. The molecule has 0 saturated carbocycles. The first-order valence-electron chi connectivity index (χ1n) is 2.76. The van der Waals surface area contributed by atoms with Gasteiger partial charge in [-0.25, -0.2) is 0 Å². The third kappa shape index (κ3) is 1.42. The summed E-state index contributed by atoms with van der Waals surface area (Å²) in [6.45, 7) is 1.57. The molecule has 60 valence electrons. The Labute approximate surface area is 61.8 Å². The molecule has 0 bridgehead atoms. The molecule has 1 aromatic rings. The van der Waals surface area contributed by atoms with E-state index in [-0.39, 0.29) is 10.7 Å². The molecule has 0 N–H and O–H groups in total. The fourth-order valence-electron chi connectivity index (χ4n) is 0.513. The summed E-state index contributed by atoms with van der Waals surface area (Å²) < 4.78 is 4.26. The van der Waals surface area contributed by atoms with E-state index in [9.17, 15) is 5.21 Å². The Balaban J connectivity index is 2.92. The molecule has 1 rings (SSSR count). The van der Waals surface area contributed by atoms with Gasteiger partial charge in [-0.1, -0.05) is 4.86 Å². The van der Waals surface area contributed by atoms with E-state index in [4.69, 9.17) is 0 Å². The van der Waals surface area contributed by atoms with Crippen LogP contribution in [0.25, 0.3) is 0 Å². The van der Waals surface area contributed by atoms with E-state index >= 15 is 0 Å². The molecule has 11 heavy (non-hydrogen) atoms. The zero-order valence-corrected chi connectivity index (χ0v) is 6.01. The van der Waals surface area contributed by atoms with E-state index in [1.54, 1.807) is 6.92 Å². The fourth-order valence-corrected chi connectivity index (χ4v) is 0.513. The first-order chi connectivity index (χ1) is 5.25. The summed E-state index contributed by atoms with van der Waals surface area (Å²) in [5, 5.41) is 20.5. The quantitative estimate of drug-likeness (QED) is 0.356. The number of nitrogens with zero attached hydrogens (tertiary/aromatic N) is 4. The number of rotatable bonds is 2. The van der Waals surface area contributed by atoms with Crippen molar-refractivity contribution in [3.05, 3.63) is 10.9 Å². The number of aryl methyl sites for hydroxylation is 1. The zero-order valence-electron chi connectivity index (χ0n) is 6.01. The SMILES string of the molecule is CON=[N+]([O-])c1nonc1C. The van der Waals surface area contributed by atoms with Gasteiger partial charge in [0.15, 0.2) is 10.9 Å². The molecule has 0 unspecified atom stereocenters. The minimum absolute atomic E-state index is 0.00755. The lowest BCUT2D eigenvalue weighted by atomic mass is 10.5. The van der Waals surface area contributed by atoms with Gasteiger partial charge >= 0.3 is 5.82 Å². The van der Waals surface area contributed by atoms with Gasteiger partial charge < -0.3 is 10.0 Å². The molecule has 0 aliphatic rings. The van der Waals surface area contributed by atoms with Crippen LogP contribution in [0.1, 0.15) is 5.69 Å². The standard InChI is InChI=1S/C4H6N4O3/c1-3-4(6-11-5-3)8(9)7-10-2/h1-2H3. The van der Waals surface area contributed by atoms with E-state index in [2.05, 4.69) is 25.1 Å². The highest BCUT2D eigenvalue weighted by atomic mass is 16.7. The molecule has 1 aromatic heterocycles. The van der Waals surface area contributed by atoms with Crippen LogP contribution in [0, 0.1) is 12.1 Å². The van der Waals surface area contributed by atoms with E-state index in [0.717, 1.165) is 0 Å². The molecule has 0 saturated heterocycles. The molecule has 0 amide bonds. The average molecular weight is 158 g/mol. The van der Waals surface area contributed by atoms with E-state index < -0.39 is 0 Å². The molecule has 0 aliphatic carbocycles. The Hall–Kier alpha value is -1.66. The molecule has 0 radical (unpaired) electrons. The van der Waals surface area contributed by atoms with E-state index in [1.807, 2.05) is 0 Å². The van der Waals surface area contributed by atoms with Crippen LogP contribution in [-0.2, 0) is 4.84 Å². The lowest BCUT2D eigenvalue weighted by Gasteiger charge is -1.96. The molecular formula is C4H6N4O3. The maximum absolute atomic E-state index is 10.8. The highest BCUT2D eigenvalue weighted by Crippen LogP contribution is 2.10. The van der Waals surface area contributed by atoms with Crippen LogP contribution in [0.5, 0.6) is 0 Å². The first-order valence-corrected chi connectivity index (χ1v) is 2.76. The van der Waals surface area contributed by atoms with Crippen LogP contribution in [0.2, 0.25) is 0 Å². The third-order valence-corrected chi connectivity index (χ3v) is 0.966. The normalized spacial score (nSPS) is 11.6. The van der Waals surface area contributed by atoms with Gasteiger partial charge in [0.25, 0.3) is 0 Å². The van der Waals surface area contributed by atoms with Crippen molar-refractivity contribution in [2.75, 3.05) is 7.11 Å². The molecule has 0 spiro atoms. The second-order valence-corrected chi connectivity index (χ2v) is 1.71. The molecule has 7 nitrogen and oxygen atoms in total. The van der Waals surface area contributed by atoms with E-state index in [1.165, 1.54) is 7.11 Å². The topological polar surface area (TPSA) is 86.6 Å². The minimum Gasteiger partial charge on any atom is -0.688 e. The predicted octanol–water partition coefficient (Wildman–Crippen LogP) is 0.533. The van der Waals surface area contributed by atoms with Crippen LogP contribution in [0.15, 0.2) is 9.91 Å². The zero-order chi connectivity index (χ0) is 8.27. The van der Waals surface area contributed by atoms with Gasteiger partial charge in [0.1, 0.15) is 12.4 Å². The predicted molar refractivity (Wildman–Crippen MR) is 31.8 cm³/mol. The smallest absolute Gasteiger partial charge is 0.424 e. The molecule has 7 heteroatoms. The van der Waals surface area contributed by atoms with Gasteiger partial charge in [-0.15, -0.1) is 4.63 Å². The monoisotopic (exact) mass is 158 g/mol. The Kier molecular flexibility index (Phi) is 2.00. The fraction of sp³-hybridized carbons (Fsp3) is 0.500. The van der Waals surface area contributed by atoms with Crippen molar-refractivity contribution in [1.29, 1.82) is 0 Å². The van der Waals surface area contributed by atoms with Crippen LogP contribution in [0.3, 0.4) is 0 Å². The minimum atomic E-state index is -0.00755. The van der Waals surface area contributed by atoms with Gasteiger partial charge in [-0.2, -0.15) is 0 Å². The maximum Gasteiger partial charge on any atom is 0.424 e. The summed E-state index contributed by atoms with van der Waals surface area (Å²) in [4.78, 5) is 4.40. The Morgan fingerprint density at radius 1 is 1.64 bits per heavy atom. The van der Waals surface area contributed by atoms with E-state index in [0.29, 0.717) is 5.69 Å².